The normalized spacial score (nSPS) is 12.4. The number of hydrogen-bond acceptors (Lipinski definition) is 5. The number of aromatic nitrogens is 2. The summed E-state index contributed by atoms with van der Waals surface area (Å²) in [7, 11) is 0. The molecule has 0 aliphatic carbocycles. The molecule has 0 atom stereocenters. The average molecular weight is 405 g/mol. The van der Waals surface area contributed by atoms with E-state index < -0.39 is 4.92 Å². The highest BCUT2D eigenvalue weighted by molar-refractivity contribution is 6.05. The molecule has 0 saturated heterocycles. The molecule has 2 aromatic carbocycles. The van der Waals surface area contributed by atoms with Crippen molar-refractivity contribution in [3.05, 3.63) is 86.2 Å². The summed E-state index contributed by atoms with van der Waals surface area (Å²) in [6, 6.07) is 12.2. The van der Waals surface area contributed by atoms with Gasteiger partial charge in [0, 0.05) is 23.4 Å². The fourth-order valence-electron chi connectivity index (χ4n) is 3.53. The second-order valence-electron chi connectivity index (χ2n) is 7.14. The molecule has 0 radical (unpaired) electrons. The van der Waals surface area contributed by atoms with Gasteiger partial charge in [0.25, 0.3) is 11.8 Å². The van der Waals surface area contributed by atoms with Crippen LogP contribution in [0.4, 0.5) is 11.4 Å². The highest BCUT2D eigenvalue weighted by Gasteiger charge is 2.22. The van der Waals surface area contributed by atoms with Crippen molar-refractivity contribution in [2.45, 2.75) is 26.9 Å². The maximum Gasteiger partial charge on any atom is 0.312 e. The molecule has 2 heterocycles. The molecule has 9 heteroatoms. The standard InChI is InChI=1S/C21H19N5O4/c1-12-19(26(29)30)13(2)25(24-12)11-14-3-5-15(6-4-14)20(27)23-17-8-7-16-10-22-21(28)18(16)9-17/h3-9H,10-11H2,1-2H3,(H,22,28)(H,23,27). The van der Waals surface area contributed by atoms with E-state index in [1.54, 1.807) is 54.9 Å². The Morgan fingerprint density at radius 2 is 1.97 bits per heavy atom. The maximum atomic E-state index is 12.5. The molecule has 4 rings (SSSR count). The van der Waals surface area contributed by atoms with E-state index in [0.29, 0.717) is 41.3 Å². The van der Waals surface area contributed by atoms with Gasteiger partial charge in [0.15, 0.2) is 0 Å². The summed E-state index contributed by atoms with van der Waals surface area (Å²) in [5.74, 6) is -0.434. The van der Waals surface area contributed by atoms with Crippen molar-refractivity contribution in [2.75, 3.05) is 5.32 Å². The minimum absolute atomic E-state index is 0.0222. The number of nitrogens with one attached hydrogen (secondary N) is 2. The quantitative estimate of drug-likeness (QED) is 0.500. The van der Waals surface area contributed by atoms with Crippen LogP contribution in [0.25, 0.3) is 0 Å². The van der Waals surface area contributed by atoms with Crippen molar-refractivity contribution in [3.8, 4) is 0 Å². The molecule has 1 aliphatic rings. The number of amides is 2. The van der Waals surface area contributed by atoms with Crippen LogP contribution in [0.15, 0.2) is 42.5 Å². The predicted octanol–water partition coefficient (Wildman–Crippen LogP) is 2.95. The summed E-state index contributed by atoms with van der Waals surface area (Å²) in [4.78, 5) is 35.0. The van der Waals surface area contributed by atoms with Gasteiger partial charge in [-0.2, -0.15) is 5.10 Å². The third-order valence-electron chi connectivity index (χ3n) is 5.13. The Morgan fingerprint density at radius 1 is 1.23 bits per heavy atom. The van der Waals surface area contributed by atoms with Crippen molar-refractivity contribution >= 4 is 23.2 Å². The minimum Gasteiger partial charge on any atom is -0.348 e. The van der Waals surface area contributed by atoms with Crippen LogP contribution in [0.1, 0.15) is 43.2 Å². The molecule has 0 saturated carbocycles. The fraction of sp³-hybridized carbons (Fsp3) is 0.190. The molecule has 1 aliphatic heterocycles. The molecule has 3 aromatic rings. The molecule has 0 bridgehead atoms. The van der Waals surface area contributed by atoms with E-state index in [-0.39, 0.29) is 17.5 Å². The van der Waals surface area contributed by atoms with Gasteiger partial charge in [-0.15, -0.1) is 0 Å². The van der Waals surface area contributed by atoms with Crippen molar-refractivity contribution in [1.29, 1.82) is 0 Å². The summed E-state index contributed by atoms with van der Waals surface area (Å²) in [5, 5.41) is 20.9. The highest BCUT2D eigenvalue weighted by atomic mass is 16.6. The Morgan fingerprint density at radius 3 is 2.63 bits per heavy atom. The van der Waals surface area contributed by atoms with Gasteiger partial charge < -0.3 is 10.6 Å². The van der Waals surface area contributed by atoms with Crippen LogP contribution in [-0.4, -0.2) is 26.5 Å². The highest BCUT2D eigenvalue weighted by Crippen LogP contribution is 2.23. The van der Waals surface area contributed by atoms with Gasteiger partial charge in [-0.05, 0) is 49.2 Å². The molecule has 1 aromatic heterocycles. The molecular weight excluding hydrogens is 386 g/mol. The first-order valence-electron chi connectivity index (χ1n) is 9.33. The number of carbonyl (C=O) groups excluding carboxylic acids is 2. The lowest BCUT2D eigenvalue weighted by Crippen LogP contribution is -2.14. The second kappa shape index (κ2) is 7.43. The lowest BCUT2D eigenvalue weighted by Gasteiger charge is -2.08. The van der Waals surface area contributed by atoms with Crippen molar-refractivity contribution in [3.63, 3.8) is 0 Å². The van der Waals surface area contributed by atoms with Crippen LogP contribution in [-0.2, 0) is 13.1 Å². The number of benzene rings is 2. The van der Waals surface area contributed by atoms with E-state index in [4.69, 9.17) is 0 Å². The Labute approximate surface area is 171 Å². The number of hydrogen-bond donors (Lipinski definition) is 2. The lowest BCUT2D eigenvalue weighted by atomic mass is 10.1. The number of fused-ring (bicyclic) bond motifs is 1. The van der Waals surface area contributed by atoms with Crippen LogP contribution < -0.4 is 10.6 Å². The first-order valence-corrected chi connectivity index (χ1v) is 9.33. The van der Waals surface area contributed by atoms with Gasteiger partial charge in [0.1, 0.15) is 11.4 Å². The Kier molecular flexibility index (Phi) is 4.78. The number of rotatable bonds is 5. The van der Waals surface area contributed by atoms with Gasteiger partial charge in [-0.25, -0.2) is 0 Å². The van der Waals surface area contributed by atoms with Crippen LogP contribution in [0.3, 0.4) is 0 Å². The van der Waals surface area contributed by atoms with E-state index in [2.05, 4.69) is 15.7 Å². The zero-order valence-corrected chi connectivity index (χ0v) is 16.4. The summed E-state index contributed by atoms with van der Waals surface area (Å²) < 4.78 is 1.58. The molecule has 9 nitrogen and oxygen atoms in total. The molecule has 2 amide bonds. The summed E-state index contributed by atoms with van der Waals surface area (Å²) in [6.45, 7) is 4.14. The fourth-order valence-corrected chi connectivity index (χ4v) is 3.53. The number of carbonyl (C=O) groups is 2. The van der Waals surface area contributed by atoms with Crippen LogP contribution in [0.5, 0.6) is 0 Å². The van der Waals surface area contributed by atoms with Gasteiger partial charge in [0.2, 0.25) is 0 Å². The number of aryl methyl sites for hydroxylation is 1. The molecular formula is C21H19N5O4. The first kappa shape index (κ1) is 19.3. The third-order valence-corrected chi connectivity index (χ3v) is 5.13. The number of anilines is 1. The van der Waals surface area contributed by atoms with Crippen LogP contribution in [0, 0.1) is 24.0 Å². The predicted molar refractivity (Wildman–Crippen MR) is 109 cm³/mol. The smallest absolute Gasteiger partial charge is 0.312 e. The molecule has 0 unspecified atom stereocenters. The second-order valence-corrected chi connectivity index (χ2v) is 7.14. The molecule has 152 valence electrons. The maximum absolute atomic E-state index is 12.5. The Balaban J connectivity index is 1.47. The number of nitro groups is 1. The molecule has 2 N–H and O–H groups in total. The Bertz CT molecular complexity index is 1180. The van der Waals surface area contributed by atoms with Crippen molar-refractivity contribution in [2.24, 2.45) is 0 Å². The molecule has 0 fully saturated rings. The largest absolute Gasteiger partial charge is 0.348 e. The monoisotopic (exact) mass is 405 g/mol. The lowest BCUT2D eigenvalue weighted by molar-refractivity contribution is -0.386. The van der Waals surface area contributed by atoms with Crippen LogP contribution >= 0.6 is 0 Å². The third kappa shape index (κ3) is 3.52. The summed E-state index contributed by atoms with van der Waals surface area (Å²) in [6.07, 6.45) is 0. The Hall–Kier alpha value is -4.01. The molecule has 0 spiro atoms. The summed E-state index contributed by atoms with van der Waals surface area (Å²) >= 11 is 0. The zero-order chi connectivity index (χ0) is 21.4. The number of nitrogens with zero attached hydrogens (tertiary/aromatic N) is 3. The van der Waals surface area contributed by atoms with E-state index in [1.807, 2.05) is 6.07 Å². The van der Waals surface area contributed by atoms with E-state index >= 15 is 0 Å². The van der Waals surface area contributed by atoms with E-state index in [1.165, 1.54) is 0 Å². The minimum atomic E-state index is -0.426. The van der Waals surface area contributed by atoms with Gasteiger partial charge >= 0.3 is 5.69 Å². The van der Waals surface area contributed by atoms with Crippen molar-refractivity contribution in [1.82, 2.24) is 15.1 Å². The van der Waals surface area contributed by atoms with E-state index in [0.717, 1.165) is 11.1 Å². The molecule has 30 heavy (non-hydrogen) atoms. The van der Waals surface area contributed by atoms with Gasteiger partial charge in [0.05, 0.1) is 11.5 Å². The van der Waals surface area contributed by atoms with Crippen molar-refractivity contribution < 1.29 is 14.5 Å². The van der Waals surface area contributed by atoms with Gasteiger partial charge in [-0.3, -0.25) is 24.4 Å². The van der Waals surface area contributed by atoms with E-state index in [9.17, 15) is 19.7 Å². The van der Waals surface area contributed by atoms with Crippen LogP contribution in [0.2, 0.25) is 0 Å². The SMILES string of the molecule is Cc1nn(Cc2ccc(C(=O)Nc3ccc4c(c3)C(=O)NC4)cc2)c(C)c1[N+](=O)[O-]. The topological polar surface area (TPSA) is 119 Å². The summed E-state index contributed by atoms with van der Waals surface area (Å²) in [5.41, 5.74) is 4.23. The average Bonchev–Trinajstić information content (AvgIpc) is 3.21. The first-order chi connectivity index (χ1) is 14.3. The zero-order valence-electron chi connectivity index (χ0n) is 16.4. The van der Waals surface area contributed by atoms with Gasteiger partial charge in [-0.1, -0.05) is 18.2 Å².